The fourth-order valence-corrected chi connectivity index (χ4v) is 4.92. The summed E-state index contributed by atoms with van der Waals surface area (Å²) in [6.07, 6.45) is 6.43. The van der Waals surface area contributed by atoms with Crippen LogP contribution in [0.4, 0.5) is 0 Å². The first-order chi connectivity index (χ1) is 11.3. The lowest BCUT2D eigenvalue weighted by molar-refractivity contribution is 0.0218. The van der Waals surface area contributed by atoms with E-state index in [-0.39, 0.29) is 0 Å². The van der Waals surface area contributed by atoms with Crippen molar-refractivity contribution in [2.45, 2.75) is 56.8 Å². The van der Waals surface area contributed by atoms with Gasteiger partial charge in [-0.15, -0.1) is 11.3 Å². The van der Waals surface area contributed by atoms with Crippen molar-refractivity contribution in [2.75, 3.05) is 20.3 Å². The van der Waals surface area contributed by atoms with Crippen LogP contribution in [0.15, 0.2) is 17.5 Å². The van der Waals surface area contributed by atoms with Gasteiger partial charge in [0.2, 0.25) is 0 Å². The van der Waals surface area contributed by atoms with Gasteiger partial charge in [0.15, 0.2) is 5.11 Å². The molecule has 2 aliphatic rings. The normalized spacial score (nSPS) is 27.6. The van der Waals surface area contributed by atoms with Gasteiger partial charge in [0.25, 0.3) is 0 Å². The smallest absolute Gasteiger partial charge is 0.166 e. The first kappa shape index (κ1) is 17.1. The highest BCUT2D eigenvalue weighted by Crippen LogP contribution is 2.35. The molecule has 0 radical (unpaired) electrons. The van der Waals surface area contributed by atoms with Crippen molar-refractivity contribution in [3.05, 3.63) is 22.4 Å². The Labute approximate surface area is 148 Å². The second kappa shape index (κ2) is 8.42. The van der Waals surface area contributed by atoms with E-state index in [1.807, 2.05) is 11.3 Å². The number of thiophene rings is 1. The molecule has 2 fully saturated rings. The highest BCUT2D eigenvalue weighted by atomic mass is 32.1. The molecule has 0 aliphatic carbocycles. The van der Waals surface area contributed by atoms with E-state index >= 15 is 0 Å². The molecule has 0 spiro atoms. The molecule has 6 heteroatoms. The maximum atomic E-state index is 5.41. The zero-order valence-electron chi connectivity index (χ0n) is 13.8. The number of methoxy groups -OCH3 is 1. The minimum Gasteiger partial charge on any atom is -0.383 e. The Morgan fingerprint density at radius 1 is 1.39 bits per heavy atom. The molecule has 2 atom stereocenters. The number of thiocarbonyl (C=S) groups is 1. The van der Waals surface area contributed by atoms with Crippen molar-refractivity contribution in [1.29, 1.82) is 0 Å². The Hall–Kier alpha value is -0.690. The molecule has 0 saturated carbocycles. The molecule has 4 nitrogen and oxygen atoms in total. The lowest BCUT2D eigenvalue weighted by Gasteiger charge is -2.49. The second-order valence-corrected chi connectivity index (χ2v) is 7.99. The second-order valence-electron chi connectivity index (χ2n) is 6.55. The van der Waals surface area contributed by atoms with Crippen LogP contribution in [0.2, 0.25) is 0 Å². The number of nitrogens with zero attached hydrogens (tertiary/aromatic N) is 1. The van der Waals surface area contributed by atoms with Crippen molar-refractivity contribution >= 4 is 28.7 Å². The van der Waals surface area contributed by atoms with Crippen LogP contribution < -0.4 is 10.6 Å². The summed E-state index contributed by atoms with van der Waals surface area (Å²) in [6.45, 7) is 2.58. The molecule has 0 aromatic carbocycles. The number of rotatable bonds is 6. The summed E-state index contributed by atoms with van der Waals surface area (Å²) in [5.74, 6) is 0. The molecule has 3 rings (SSSR count). The van der Waals surface area contributed by atoms with Crippen LogP contribution in [0.1, 0.15) is 37.0 Å². The molecule has 2 N–H and O–H groups in total. The molecule has 128 valence electrons. The molecule has 0 unspecified atom stereocenters. The Morgan fingerprint density at radius 2 is 2.17 bits per heavy atom. The van der Waals surface area contributed by atoms with Crippen LogP contribution in [-0.2, 0) is 11.3 Å². The van der Waals surface area contributed by atoms with E-state index in [1.54, 1.807) is 7.11 Å². The van der Waals surface area contributed by atoms with Crippen LogP contribution in [0.25, 0.3) is 0 Å². The van der Waals surface area contributed by atoms with Crippen LogP contribution in [-0.4, -0.2) is 48.4 Å². The van der Waals surface area contributed by atoms with Gasteiger partial charge < -0.3 is 15.4 Å². The molecule has 2 saturated heterocycles. The fourth-order valence-electron chi connectivity index (χ4n) is 3.94. The lowest BCUT2D eigenvalue weighted by atomic mass is 9.81. The summed E-state index contributed by atoms with van der Waals surface area (Å²) in [5, 5.41) is 9.71. The molecule has 3 heterocycles. The number of piperidine rings is 2. The van der Waals surface area contributed by atoms with Gasteiger partial charge in [-0.2, -0.15) is 0 Å². The number of nitrogens with one attached hydrogen (secondary N) is 2. The largest absolute Gasteiger partial charge is 0.383 e. The van der Waals surface area contributed by atoms with Crippen molar-refractivity contribution in [3.63, 3.8) is 0 Å². The standard InChI is InChI=1S/C17H27N3OS2/c1-21-8-7-18-17(22)19-13-10-14-4-2-5-15(11-13)20(14)12-16-6-3-9-23-16/h3,6,9,13-15H,2,4-5,7-8,10-12H2,1H3,(H2,18,19,22)/t14-,15-/m1/s1. The van der Waals surface area contributed by atoms with Gasteiger partial charge in [-0.1, -0.05) is 12.5 Å². The number of ether oxygens (including phenoxy) is 1. The quantitative estimate of drug-likeness (QED) is 0.607. The first-order valence-electron chi connectivity index (χ1n) is 8.57. The Balaban J connectivity index is 1.52. The predicted octanol–water partition coefficient (Wildman–Crippen LogP) is 2.74. The van der Waals surface area contributed by atoms with Crippen LogP contribution >= 0.6 is 23.6 Å². The van der Waals surface area contributed by atoms with Crippen molar-refractivity contribution < 1.29 is 4.74 Å². The van der Waals surface area contributed by atoms with Gasteiger partial charge in [0, 0.05) is 43.2 Å². The first-order valence-corrected chi connectivity index (χ1v) is 9.86. The van der Waals surface area contributed by atoms with Gasteiger partial charge in [0.1, 0.15) is 0 Å². The maximum absolute atomic E-state index is 5.41. The van der Waals surface area contributed by atoms with E-state index in [1.165, 1.54) is 37.0 Å². The predicted molar refractivity (Wildman–Crippen MR) is 99.9 cm³/mol. The molecule has 1 aromatic rings. The molecule has 2 aliphatic heterocycles. The Bertz CT molecular complexity index is 480. The minimum absolute atomic E-state index is 0.507. The summed E-state index contributed by atoms with van der Waals surface area (Å²) in [7, 11) is 1.71. The van der Waals surface area contributed by atoms with Crippen molar-refractivity contribution in [3.8, 4) is 0 Å². The number of hydrogen-bond donors (Lipinski definition) is 2. The maximum Gasteiger partial charge on any atom is 0.166 e. The molecular weight excluding hydrogens is 326 g/mol. The lowest BCUT2D eigenvalue weighted by Crippen LogP contribution is -2.57. The summed E-state index contributed by atoms with van der Waals surface area (Å²) >= 11 is 7.29. The summed E-state index contributed by atoms with van der Waals surface area (Å²) < 4.78 is 5.05. The third-order valence-electron chi connectivity index (χ3n) is 4.97. The molecule has 2 bridgehead atoms. The van der Waals surface area contributed by atoms with E-state index < -0.39 is 0 Å². The highest BCUT2D eigenvalue weighted by Gasteiger charge is 2.38. The fraction of sp³-hybridized carbons (Fsp3) is 0.706. The van der Waals surface area contributed by atoms with E-state index in [0.29, 0.717) is 24.7 Å². The average Bonchev–Trinajstić information content (AvgIpc) is 3.01. The zero-order chi connectivity index (χ0) is 16.1. The molecule has 1 aromatic heterocycles. The van der Waals surface area contributed by atoms with E-state index in [2.05, 4.69) is 33.0 Å². The molecule has 0 amide bonds. The third-order valence-corrected chi connectivity index (χ3v) is 6.09. The Morgan fingerprint density at radius 3 is 2.83 bits per heavy atom. The highest BCUT2D eigenvalue weighted by molar-refractivity contribution is 7.80. The summed E-state index contributed by atoms with van der Waals surface area (Å²) in [6, 6.07) is 6.33. The average molecular weight is 354 g/mol. The summed E-state index contributed by atoms with van der Waals surface area (Å²) in [5.41, 5.74) is 0. The van der Waals surface area contributed by atoms with E-state index in [4.69, 9.17) is 17.0 Å². The minimum atomic E-state index is 0.507. The number of fused-ring (bicyclic) bond motifs is 2. The number of hydrogen-bond acceptors (Lipinski definition) is 4. The van der Waals surface area contributed by atoms with E-state index in [0.717, 1.165) is 18.2 Å². The topological polar surface area (TPSA) is 36.5 Å². The SMILES string of the molecule is COCCNC(=S)NC1C[C@H]2CCC[C@H](C1)N2Cc1cccs1. The third kappa shape index (κ3) is 4.66. The van der Waals surface area contributed by atoms with Crippen LogP contribution in [0.3, 0.4) is 0 Å². The van der Waals surface area contributed by atoms with Gasteiger partial charge in [-0.3, -0.25) is 4.90 Å². The van der Waals surface area contributed by atoms with E-state index in [9.17, 15) is 0 Å². The molecular formula is C17H27N3OS2. The van der Waals surface area contributed by atoms with Gasteiger partial charge in [0.05, 0.1) is 6.61 Å². The van der Waals surface area contributed by atoms with Crippen LogP contribution in [0, 0.1) is 0 Å². The van der Waals surface area contributed by atoms with Gasteiger partial charge in [-0.05, 0) is 49.3 Å². The zero-order valence-corrected chi connectivity index (χ0v) is 15.4. The Kier molecular flexibility index (Phi) is 6.28. The van der Waals surface area contributed by atoms with Gasteiger partial charge >= 0.3 is 0 Å². The summed E-state index contributed by atoms with van der Waals surface area (Å²) in [4.78, 5) is 4.24. The van der Waals surface area contributed by atoms with Crippen LogP contribution in [0.5, 0.6) is 0 Å². The van der Waals surface area contributed by atoms with Gasteiger partial charge in [-0.25, -0.2) is 0 Å². The monoisotopic (exact) mass is 353 g/mol. The van der Waals surface area contributed by atoms with Crippen molar-refractivity contribution in [2.24, 2.45) is 0 Å². The molecule has 23 heavy (non-hydrogen) atoms. The van der Waals surface area contributed by atoms with Crippen molar-refractivity contribution in [1.82, 2.24) is 15.5 Å².